The second-order valence-corrected chi connectivity index (χ2v) is 7.24. The summed E-state index contributed by atoms with van der Waals surface area (Å²) in [7, 11) is 0. The Kier molecular flexibility index (Phi) is 3.95. The van der Waals surface area contributed by atoms with Crippen LogP contribution in [-0.2, 0) is 23.3 Å². The van der Waals surface area contributed by atoms with Gasteiger partial charge < -0.3 is 14.6 Å². The van der Waals surface area contributed by atoms with Crippen molar-refractivity contribution in [2.45, 2.75) is 45.3 Å². The lowest BCUT2D eigenvalue weighted by Gasteiger charge is -2.34. The van der Waals surface area contributed by atoms with Crippen LogP contribution in [0, 0.1) is 0 Å². The van der Waals surface area contributed by atoms with E-state index in [4.69, 9.17) is 0 Å². The van der Waals surface area contributed by atoms with Crippen molar-refractivity contribution < 1.29 is 14.7 Å². The number of rotatable bonds is 2. The number of fused-ring (bicyclic) bond motifs is 1. The number of nitrogens with zero attached hydrogens (tertiary/aromatic N) is 2. The van der Waals surface area contributed by atoms with Crippen LogP contribution in [0.1, 0.15) is 42.3 Å². The maximum atomic E-state index is 12.9. The molecule has 1 N–H and O–H groups in total. The number of carboxylic acids is 1. The molecule has 1 atom stereocenters. The van der Waals surface area contributed by atoms with E-state index in [9.17, 15) is 14.7 Å². The summed E-state index contributed by atoms with van der Waals surface area (Å²) in [6, 6.07) is 8.63. The molecule has 0 radical (unpaired) electrons. The summed E-state index contributed by atoms with van der Waals surface area (Å²) in [5.74, 6) is -1.20. The van der Waals surface area contributed by atoms with Crippen molar-refractivity contribution in [3.63, 3.8) is 0 Å². The number of carbonyl (C=O) groups is 2. The zero-order valence-corrected chi connectivity index (χ0v) is 14.2. The molecule has 1 aromatic heterocycles. The molecule has 1 aromatic carbocycles. The molecule has 0 bridgehead atoms. The Morgan fingerprint density at radius 3 is 2.38 bits per heavy atom. The molecular weight excluding hydrogens is 304 g/mol. The molecule has 2 aromatic rings. The molecule has 1 amide bonds. The van der Waals surface area contributed by atoms with E-state index in [0.29, 0.717) is 18.5 Å². The first-order valence-electron chi connectivity index (χ1n) is 8.06. The van der Waals surface area contributed by atoms with Crippen LogP contribution >= 0.6 is 0 Å². The average Bonchev–Trinajstić information content (AvgIpc) is 3.03. The highest BCUT2D eigenvalue weighted by Crippen LogP contribution is 2.26. The standard InChI is InChI=1S/C19H22N2O3/c1-19(2,3)20-9-8-15(11-20)17(22)21-12-14-7-5-4-6-13(14)10-16(21)18(23)24/h4-9,11,16H,10,12H2,1-3H3,(H,23,24)/t16-/m0/s1. The average molecular weight is 326 g/mol. The number of benzene rings is 1. The first-order valence-corrected chi connectivity index (χ1v) is 8.06. The molecule has 5 heteroatoms. The van der Waals surface area contributed by atoms with Crippen LogP contribution in [0.4, 0.5) is 0 Å². The Bertz CT molecular complexity index is 786. The highest BCUT2D eigenvalue weighted by Gasteiger charge is 2.35. The molecule has 0 saturated carbocycles. The molecule has 1 aliphatic heterocycles. The van der Waals surface area contributed by atoms with Crippen molar-refractivity contribution in [2.24, 2.45) is 0 Å². The fraction of sp³-hybridized carbons (Fsp3) is 0.368. The predicted molar refractivity (Wildman–Crippen MR) is 90.9 cm³/mol. The lowest BCUT2D eigenvalue weighted by atomic mass is 9.93. The minimum atomic E-state index is -0.965. The van der Waals surface area contributed by atoms with E-state index in [1.807, 2.05) is 35.0 Å². The zero-order chi connectivity index (χ0) is 17.5. The Labute approximate surface area is 141 Å². The van der Waals surface area contributed by atoms with Gasteiger partial charge in [0.2, 0.25) is 0 Å². The van der Waals surface area contributed by atoms with Gasteiger partial charge in [0.05, 0.1) is 5.56 Å². The van der Waals surface area contributed by atoms with Crippen molar-refractivity contribution in [1.29, 1.82) is 0 Å². The van der Waals surface area contributed by atoms with Crippen LogP contribution in [0.2, 0.25) is 0 Å². The van der Waals surface area contributed by atoms with Crippen molar-refractivity contribution >= 4 is 11.9 Å². The van der Waals surface area contributed by atoms with Crippen molar-refractivity contribution in [2.75, 3.05) is 0 Å². The number of carboxylic acid groups (broad SMARTS) is 1. The first kappa shape index (κ1) is 16.3. The van der Waals surface area contributed by atoms with E-state index >= 15 is 0 Å². The number of hydrogen-bond donors (Lipinski definition) is 1. The summed E-state index contributed by atoms with van der Waals surface area (Å²) in [6.07, 6.45) is 4.00. The van der Waals surface area contributed by atoms with Gasteiger partial charge in [-0.15, -0.1) is 0 Å². The molecule has 0 saturated heterocycles. The van der Waals surface area contributed by atoms with E-state index in [0.717, 1.165) is 11.1 Å². The van der Waals surface area contributed by atoms with Gasteiger partial charge in [-0.1, -0.05) is 24.3 Å². The largest absolute Gasteiger partial charge is 0.480 e. The lowest BCUT2D eigenvalue weighted by molar-refractivity contribution is -0.142. The Morgan fingerprint density at radius 1 is 1.12 bits per heavy atom. The fourth-order valence-corrected chi connectivity index (χ4v) is 3.06. The van der Waals surface area contributed by atoms with Crippen LogP contribution in [0.25, 0.3) is 0 Å². The summed E-state index contributed by atoms with van der Waals surface area (Å²) >= 11 is 0. The van der Waals surface area contributed by atoms with Gasteiger partial charge in [0.15, 0.2) is 0 Å². The Hall–Kier alpha value is -2.56. The monoisotopic (exact) mass is 326 g/mol. The number of amides is 1. The highest BCUT2D eigenvalue weighted by atomic mass is 16.4. The van der Waals surface area contributed by atoms with Gasteiger partial charge in [-0.2, -0.15) is 0 Å². The van der Waals surface area contributed by atoms with Gasteiger partial charge in [-0.05, 0) is 38.0 Å². The molecular formula is C19H22N2O3. The quantitative estimate of drug-likeness (QED) is 0.923. The van der Waals surface area contributed by atoms with Gasteiger partial charge in [-0.25, -0.2) is 4.79 Å². The van der Waals surface area contributed by atoms with Gasteiger partial charge in [-0.3, -0.25) is 4.79 Å². The molecule has 5 nitrogen and oxygen atoms in total. The van der Waals surface area contributed by atoms with E-state index in [1.54, 1.807) is 12.3 Å². The Morgan fingerprint density at radius 2 is 1.79 bits per heavy atom. The van der Waals surface area contributed by atoms with Crippen molar-refractivity contribution in [3.8, 4) is 0 Å². The van der Waals surface area contributed by atoms with Crippen molar-refractivity contribution in [3.05, 3.63) is 59.4 Å². The summed E-state index contributed by atoms with van der Waals surface area (Å²) in [6.45, 7) is 6.49. The normalized spacial score (nSPS) is 17.5. The molecule has 126 valence electrons. The SMILES string of the molecule is CC(C)(C)n1ccc(C(=O)N2Cc3ccccc3C[C@H]2C(=O)O)c1. The number of aromatic nitrogens is 1. The van der Waals surface area contributed by atoms with Gasteiger partial charge in [0.25, 0.3) is 5.91 Å². The van der Waals surface area contributed by atoms with E-state index in [-0.39, 0.29) is 11.4 Å². The van der Waals surface area contributed by atoms with Crippen LogP contribution in [0.3, 0.4) is 0 Å². The van der Waals surface area contributed by atoms with Gasteiger partial charge in [0.1, 0.15) is 6.04 Å². The maximum Gasteiger partial charge on any atom is 0.326 e. The molecule has 0 fully saturated rings. The number of hydrogen-bond acceptors (Lipinski definition) is 2. The van der Waals surface area contributed by atoms with E-state index in [2.05, 4.69) is 20.8 Å². The molecule has 0 aliphatic carbocycles. The second-order valence-electron chi connectivity index (χ2n) is 7.24. The third-order valence-corrected chi connectivity index (χ3v) is 4.51. The smallest absolute Gasteiger partial charge is 0.326 e. The van der Waals surface area contributed by atoms with Gasteiger partial charge >= 0.3 is 5.97 Å². The third-order valence-electron chi connectivity index (χ3n) is 4.51. The summed E-state index contributed by atoms with van der Waals surface area (Å²) in [5, 5.41) is 9.57. The first-order chi connectivity index (χ1) is 11.3. The van der Waals surface area contributed by atoms with Crippen molar-refractivity contribution in [1.82, 2.24) is 9.47 Å². The molecule has 2 heterocycles. The second kappa shape index (κ2) is 5.82. The Balaban J connectivity index is 1.93. The van der Waals surface area contributed by atoms with Crippen LogP contribution < -0.4 is 0 Å². The van der Waals surface area contributed by atoms with Crippen LogP contribution in [-0.4, -0.2) is 32.5 Å². The van der Waals surface area contributed by atoms with Crippen LogP contribution in [0.5, 0.6) is 0 Å². The zero-order valence-electron chi connectivity index (χ0n) is 14.2. The minimum Gasteiger partial charge on any atom is -0.480 e. The number of aliphatic carboxylic acids is 1. The topological polar surface area (TPSA) is 62.5 Å². The maximum absolute atomic E-state index is 12.9. The predicted octanol–water partition coefficient (Wildman–Crippen LogP) is 2.89. The summed E-state index contributed by atoms with van der Waals surface area (Å²) < 4.78 is 1.97. The third kappa shape index (κ3) is 2.94. The van der Waals surface area contributed by atoms with E-state index in [1.165, 1.54) is 4.90 Å². The fourth-order valence-electron chi connectivity index (χ4n) is 3.06. The summed E-state index contributed by atoms with van der Waals surface area (Å²) in [5.41, 5.74) is 2.41. The van der Waals surface area contributed by atoms with Crippen LogP contribution in [0.15, 0.2) is 42.7 Å². The van der Waals surface area contributed by atoms with E-state index < -0.39 is 12.0 Å². The molecule has 1 aliphatic rings. The molecule has 0 spiro atoms. The molecule has 0 unspecified atom stereocenters. The van der Waals surface area contributed by atoms with Gasteiger partial charge in [0, 0.05) is 30.9 Å². The molecule has 24 heavy (non-hydrogen) atoms. The minimum absolute atomic E-state index is 0.126. The summed E-state index contributed by atoms with van der Waals surface area (Å²) in [4.78, 5) is 26.1. The molecule has 3 rings (SSSR count). The lowest BCUT2D eigenvalue weighted by Crippen LogP contribution is -2.48. The number of carbonyl (C=O) groups excluding carboxylic acids is 1. The highest BCUT2D eigenvalue weighted by molar-refractivity contribution is 5.96.